The molecule has 2 N–H and O–H groups in total. The zero-order valence-electron chi connectivity index (χ0n) is 10.1. The molecule has 0 saturated heterocycles. The number of hydrogen-bond acceptors (Lipinski definition) is 3. The van der Waals surface area contributed by atoms with Crippen LogP contribution in [0.15, 0.2) is 0 Å². The normalized spacial score (nSPS) is 11.6. The summed E-state index contributed by atoms with van der Waals surface area (Å²) < 4.78 is 35.4. The molecule has 1 amide bonds. The van der Waals surface area contributed by atoms with Crippen LogP contribution in [0.5, 0.6) is 0 Å². The number of amides is 1. The van der Waals surface area contributed by atoms with Crippen molar-refractivity contribution >= 4 is 11.9 Å². The maximum atomic E-state index is 11.8. The Balaban J connectivity index is 3.54. The molecule has 0 radical (unpaired) electrons. The lowest BCUT2D eigenvalue weighted by Gasteiger charge is -2.16. The van der Waals surface area contributed by atoms with E-state index in [1.807, 2.05) is 4.90 Å². The Morgan fingerprint density at radius 3 is 2.28 bits per heavy atom. The van der Waals surface area contributed by atoms with E-state index in [-0.39, 0.29) is 13.0 Å². The van der Waals surface area contributed by atoms with Crippen molar-refractivity contribution in [2.75, 3.05) is 26.7 Å². The van der Waals surface area contributed by atoms with Crippen LogP contribution < -0.4 is 5.32 Å². The van der Waals surface area contributed by atoms with Gasteiger partial charge in [0, 0.05) is 13.0 Å². The molecule has 0 saturated carbocycles. The third-order valence-corrected chi connectivity index (χ3v) is 2.19. The third kappa shape index (κ3) is 8.80. The monoisotopic (exact) mass is 270 g/mol. The van der Waals surface area contributed by atoms with Crippen LogP contribution in [0.2, 0.25) is 0 Å². The Morgan fingerprint density at radius 1 is 1.22 bits per heavy atom. The Morgan fingerprint density at radius 2 is 1.78 bits per heavy atom. The van der Waals surface area contributed by atoms with Gasteiger partial charge in [-0.3, -0.25) is 9.59 Å². The Hall–Kier alpha value is -1.31. The van der Waals surface area contributed by atoms with Crippen molar-refractivity contribution in [1.82, 2.24) is 10.2 Å². The molecule has 0 unspecified atom stereocenters. The molecule has 0 aromatic carbocycles. The molecule has 0 atom stereocenters. The van der Waals surface area contributed by atoms with Gasteiger partial charge in [-0.15, -0.1) is 0 Å². The van der Waals surface area contributed by atoms with Crippen LogP contribution in [-0.4, -0.2) is 54.7 Å². The Labute approximate surface area is 103 Å². The van der Waals surface area contributed by atoms with Gasteiger partial charge in [-0.25, -0.2) is 0 Å². The molecule has 5 nitrogen and oxygen atoms in total. The molecule has 0 rings (SSSR count). The highest BCUT2D eigenvalue weighted by atomic mass is 19.4. The van der Waals surface area contributed by atoms with Gasteiger partial charge in [0.25, 0.3) is 0 Å². The average Bonchev–Trinajstić information content (AvgIpc) is 2.22. The van der Waals surface area contributed by atoms with Gasteiger partial charge in [0.1, 0.15) is 0 Å². The summed E-state index contributed by atoms with van der Waals surface area (Å²) in [5, 5.41) is 10.2. The highest BCUT2D eigenvalue weighted by Gasteiger charge is 2.38. The number of nitrogens with zero attached hydrogens (tertiary/aromatic N) is 1. The molecule has 0 aliphatic rings. The Kier molecular flexibility index (Phi) is 7.33. The lowest BCUT2D eigenvalue weighted by molar-refractivity contribution is -0.173. The second-order valence-electron chi connectivity index (χ2n) is 3.91. The lowest BCUT2D eigenvalue weighted by Crippen LogP contribution is -2.38. The summed E-state index contributed by atoms with van der Waals surface area (Å²) in [5.74, 6) is -2.81. The summed E-state index contributed by atoms with van der Waals surface area (Å²) in [7, 11) is 1.74. The van der Waals surface area contributed by atoms with E-state index >= 15 is 0 Å². The second kappa shape index (κ2) is 7.91. The fraction of sp³-hybridized carbons (Fsp3) is 0.800. The van der Waals surface area contributed by atoms with E-state index in [9.17, 15) is 22.8 Å². The number of carboxylic acids is 1. The van der Waals surface area contributed by atoms with Crippen molar-refractivity contribution in [2.24, 2.45) is 0 Å². The summed E-state index contributed by atoms with van der Waals surface area (Å²) in [6.07, 6.45) is -3.91. The maximum Gasteiger partial charge on any atom is 0.471 e. The number of aliphatic carboxylic acids is 1. The predicted octanol–water partition coefficient (Wildman–Crippen LogP) is 0.852. The molecular weight excluding hydrogens is 253 g/mol. The van der Waals surface area contributed by atoms with Crippen molar-refractivity contribution in [3.8, 4) is 0 Å². The van der Waals surface area contributed by atoms with Crippen molar-refractivity contribution in [3.05, 3.63) is 0 Å². The average molecular weight is 270 g/mol. The van der Waals surface area contributed by atoms with Gasteiger partial charge in [-0.05, 0) is 33.0 Å². The third-order valence-electron chi connectivity index (χ3n) is 2.19. The summed E-state index contributed by atoms with van der Waals surface area (Å²) >= 11 is 0. The fourth-order valence-electron chi connectivity index (χ4n) is 1.26. The van der Waals surface area contributed by atoms with E-state index in [4.69, 9.17) is 5.11 Å². The topological polar surface area (TPSA) is 69.6 Å². The first kappa shape index (κ1) is 16.7. The minimum Gasteiger partial charge on any atom is -0.481 e. The largest absolute Gasteiger partial charge is 0.481 e. The van der Waals surface area contributed by atoms with E-state index in [2.05, 4.69) is 0 Å². The number of hydrogen-bond donors (Lipinski definition) is 2. The standard InChI is InChI=1S/C10H17F3N2O3/c1-15(6-2-4-8(16)17)7-3-5-14-9(18)10(11,12)13/h2-7H2,1H3,(H,14,18)(H,16,17). The summed E-state index contributed by atoms with van der Waals surface area (Å²) in [6.45, 7) is 0.999. The number of carbonyl (C=O) groups excluding carboxylic acids is 1. The number of alkyl halides is 3. The van der Waals surface area contributed by atoms with Gasteiger partial charge < -0.3 is 15.3 Å². The SMILES string of the molecule is CN(CCCNC(=O)C(F)(F)F)CCCC(=O)O. The van der Waals surface area contributed by atoms with Crippen LogP contribution in [0.3, 0.4) is 0 Å². The highest BCUT2D eigenvalue weighted by molar-refractivity contribution is 5.81. The zero-order valence-corrected chi connectivity index (χ0v) is 10.1. The Bertz CT molecular complexity index is 282. The maximum absolute atomic E-state index is 11.8. The van der Waals surface area contributed by atoms with Crippen molar-refractivity contribution in [1.29, 1.82) is 0 Å². The van der Waals surface area contributed by atoms with Gasteiger partial charge in [-0.2, -0.15) is 13.2 Å². The van der Waals surface area contributed by atoms with Crippen LogP contribution in [-0.2, 0) is 9.59 Å². The number of nitrogens with one attached hydrogen (secondary N) is 1. The quantitative estimate of drug-likeness (QED) is 0.642. The van der Waals surface area contributed by atoms with Crippen LogP contribution in [0.25, 0.3) is 0 Å². The van der Waals surface area contributed by atoms with Crippen molar-refractivity contribution in [2.45, 2.75) is 25.4 Å². The molecule has 0 aliphatic heterocycles. The molecule has 8 heteroatoms. The number of carbonyl (C=O) groups is 2. The van der Waals surface area contributed by atoms with E-state index in [0.717, 1.165) is 0 Å². The van der Waals surface area contributed by atoms with Crippen LogP contribution in [0.4, 0.5) is 13.2 Å². The molecule has 0 spiro atoms. The van der Waals surface area contributed by atoms with Gasteiger partial charge in [0.15, 0.2) is 0 Å². The van der Waals surface area contributed by atoms with E-state index < -0.39 is 18.1 Å². The first-order chi connectivity index (χ1) is 8.23. The molecule has 18 heavy (non-hydrogen) atoms. The molecule has 0 heterocycles. The van der Waals surface area contributed by atoms with Crippen LogP contribution in [0, 0.1) is 0 Å². The minimum absolute atomic E-state index is 0.0540. The predicted molar refractivity (Wildman–Crippen MR) is 58.0 cm³/mol. The number of carboxylic acid groups (broad SMARTS) is 1. The summed E-state index contributed by atoms with van der Waals surface area (Å²) in [6, 6.07) is 0. The van der Waals surface area contributed by atoms with Crippen molar-refractivity contribution < 1.29 is 27.9 Å². The van der Waals surface area contributed by atoms with Crippen molar-refractivity contribution in [3.63, 3.8) is 0 Å². The van der Waals surface area contributed by atoms with Gasteiger partial charge in [0.05, 0.1) is 0 Å². The smallest absolute Gasteiger partial charge is 0.471 e. The summed E-state index contributed by atoms with van der Waals surface area (Å²) in [5.41, 5.74) is 0. The number of halogens is 3. The first-order valence-electron chi connectivity index (χ1n) is 5.49. The van der Waals surface area contributed by atoms with Crippen LogP contribution >= 0.6 is 0 Å². The van der Waals surface area contributed by atoms with Crippen LogP contribution in [0.1, 0.15) is 19.3 Å². The fourth-order valence-corrected chi connectivity index (χ4v) is 1.26. The molecular formula is C10H17F3N2O3. The molecule has 0 aromatic heterocycles. The molecule has 0 aromatic rings. The van der Waals surface area contributed by atoms with E-state index in [1.54, 1.807) is 12.4 Å². The molecule has 0 bridgehead atoms. The van der Waals surface area contributed by atoms with E-state index in [1.165, 1.54) is 0 Å². The van der Waals surface area contributed by atoms with Gasteiger partial charge >= 0.3 is 18.1 Å². The molecule has 0 aliphatic carbocycles. The highest BCUT2D eigenvalue weighted by Crippen LogP contribution is 2.13. The number of rotatable bonds is 8. The van der Waals surface area contributed by atoms with Gasteiger partial charge in [-0.1, -0.05) is 0 Å². The first-order valence-corrected chi connectivity index (χ1v) is 5.49. The summed E-state index contributed by atoms with van der Waals surface area (Å²) in [4.78, 5) is 22.5. The second-order valence-corrected chi connectivity index (χ2v) is 3.91. The van der Waals surface area contributed by atoms with Gasteiger partial charge in [0.2, 0.25) is 0 Å². The molecule has 0 fully saturated rings. The lowest BCUT2D eigenvalue weighted by atomic mass is 10.3. The minimum atomic E-state index is -4.84. The van der Waals surface area contributed by atoms with E-state index in [0.29, 0.717) is 25.9 Å². The molecule has 106 valence electrons. The zero-order chi connectivity index (χ0) is 14.2.